The van der Waals surface area contributed by atoms with Gasteiger partial charge in [-0.2, -0.15) is 0 Å². The molecule has 0 bridgehead atoms. The first kappa shape index (κ1) is 16.6. The maximum atomic E-state index is 12.1. The number of phenolic OH excluding ortho intramolecular Hbond substituents is 1. The Kier molecular flexibility index (Phi) is 4.70. The van der Waals surface area contributed by atoms with Crippen LogP contribution in [-0.4, -0.2) is 24.2 Å². The van der Waals surface area contributed by atoms with Gasteiger partial charge in [-0.15, -0.1) is 0 Å². The molecular formula is C19H16O6. The molecule has 0 aliphatic heterocycles. The lowest BCUT2D eigenvalue weighted by atomic mass is 10.1. The highest BCUT2D eigenvalue weighted by atomic mass is 16.5. The number of hydrogen-bond acceptors (Lipinski definition) is 6. The van der Waals surface area contributed by atoms with Crippen molar-refractivity contribution in [1.82, 2.24) is 0 Å². The Morgan fingerprint density at radius 2 is 2.00 bits per heavy atom. The van der Waals surface area contributed by atoms with Crippen molar-refractivity contribution in [2.75, 3.05) is 7.11 Å². The highest BCUT2D eigenvalue weighted by Gasteiger charge is 2.13. The fourth-order valence-corrected chi connectivity index (χ4v) is 2.49. The minimum absolute atomic E-state index is 0.0501. The van der Waals surface area contributed by atoms with Gasteiger partial charge >= 0.3 is 11.9 Å². The van der Waals surface area contributed by atoms with Crippen molar-refractivity contribution < 1.29 is 28.6 Å². The summed E-state index contributed by atoms with van der Waals surface area (Å²) in [5.74, 6) is -0.762. The molecule has 0 radical (unpaired) electrons. The van der Waals surface area contributed by atoms with E-state index in [1.165, 1.54) is 25.5 Å². The van der Waals surface area contributed by atoms with Gasteiger partial charge in [0.25, 0.3) is 0 Å². The Balaban J connectivity index is 1.64. The minimum atomic E-state index is -0.443. The van der Waals surface area contributed by atoms with E-state index in [0.29, 0.717) is 22.3 Å². The first-order valence-electron chi connectivity index (χ1n) is 7.59. The number of aromatic hydroxyl groups is 1. The Labute approximate surface area is 143 Å². The summed E-state index contributed by atoms with van der Waals surface area (Å²) < 4.78 is 15.3. The lowest BCUT2D eigenvalue weighted by Gasteiger charge is -2.06. The summed E-state index contributed by atoms with van der Waals surface area (Å²) in [6.07, 6.45) is 1.53. The summed E-state index contributed by atoms with van der Waals surface area (Å²) in [5.41, 5.74) is 2.28. The van der Waals surface area contributed by atoms with E-state index in [0.717, 1.165) is 5.39 Å². The summed E-state index contributed by atoms with van der Waals surface area (Å²) in [4.78, 5) is 23.6. The zero-order valence-electron chi connectivity index (χ0n) is 13.5. The predicted molar refractivity (Wildman–Crippen MR) is 89.2 cm³/mol. The molecule has 0 fully saturated rings. The van der Waals surface area contributed by atoms with Crippen molar-refractivity contribution in [1.29, 1.82) is 0 Å². The Morgan fingerprint density at radius 3 is 2.80 bits per heavy atom. The molecule has 6 nitrogen and oxygen atoms in total. The second-order valence-corrected chi connectivity index (χ2v) is 5.47. The summed E-state index contributed by atoms with van der Waals surface area (Å²) in [5, 5.41) is 10.2. The Hall–Kier alpha value is -3.28. The summed E-state index contributed by atoms with van der Waals surface area (Å²) in [7, 11) is 1.31. The van der Waals surface area contributed by atoms with Crippen molar-refractivity contribution >= 4 is 22.9 Å². The molecule has 0 aliphatic carbocycles. The molecule has 3 aromatic rings. The van der Waals surface area contributed by atoms with Crippen LogP contribution in [0.4, 0.5) is 0 Å². The van der Waals surface area contributed by atoms with E-state index in [-0.39, 0.29) is 18.8 Å². The molecule has 2 aromatic carbocycles. The van der Waals surface area contributed by atoms with Gasteiger partial charge in [0.2, 0.25) is 0 Å². The first-order chi connectivity index (χ1) is 12.1. The van der Waals surface area contributed by atoms with E-state index in [1.807, 2.05) is 0 Å². The number of esters is 2. The maximum absolute atomic E-state index is 12.1. The van der Waals surface area contributed by atoms with E-state index in [1.54, 1.807) is 30.3 Å². The average Bonchev–Trinajstić information content (AvgIpc) is 3.01. The smallest absolute Gasteiger partial charge is 0.337 e. The Morgan fingerprint density at radius 1 is 1.16 bits per heavy atom. The number of furan rings is 1. The third-order valence-electron chi connectivity index (χ3n) is 3.72. The minimum Gasteiger partial charge on any atom is -0.508 e. The molecule has 0 saturated carbocycles. The number of rotatable bonds is 5. The molecule has 6 heteroatoms. The number of fused-ring (bicyclic) bond motifs is 1. The van der Waals surface area contributed by atoms with Gasteiger partial charge in [0.15, 0.2) is 0 Å². The number of methoxy groups -OCH3 is 1. The number of ether oxygens (including phenoxy) is 2. The van der Waals surface area contributed by atoms with Crippen LogP contribution in [0.1, 0.15) is 21.5 Å². The third kappa shape index (κ3) is 3.80. The Bertz CT molecular complexity index is 925. The zero-order chi connectivity index (χ0) is 17.8. The normalized spacial score (nSPS) is 10.6. The van der Waals surface area contributed by atoms with Crippen molar-refractivity contribution in [2.45, 2.75) is 13.0 Å². The molecule has 25 heavy (non-hydrogen) atoms. The predicted octanol–water partition coefficient (Wildman–Crippen LogP) is 3.21. The van der Waals surface area contributed by atoms with Crippen LogP contribution in [0.3, 0.4) is 0 Å². The van der Waals surface area contributed by atoms with E-state index in [4.69, 9.17) is 9.15 Å². The van der Waals surface area contributed by atoms with E-state index in [9.17, 15) is 14.7 Å². The molecule has 1 heterocycles. The van der Waals surface area contributed by atoms with Crippen LogP contribution < -0.4 is 0 Å². The second kappa shape index (κ2) is 7.09. The molecule has 0 amide bonds. The molecule has 3 rings (SSSR count). The quantitative estimate of drug-likeness (QED) is 0.718. The molecule has 128 valence electrons. The number of carbonyl (C=O) groups is 2. The average molecular weight is 340 g/mol. The molecule has 1 N–H and O–H groups in total. The van der Waals surface area contributed by atoms with Gasteiger partial charge in [-0.05, 0) is 29.8 Å². The topological polar surface area (TPSA) is 86.0 Å². The van der Waals surface area contributed by atoms with Gasteiger partial charge in [0, 0.05) is 17.0 Å². The fraction of sp³-hybridized carbons (Fsp3) is 0.158. The maximum Gasteiger partial charge on any atom is 0.337 e. The molecule has 0 spiro atoms. The van der Waals surface area contributed by atoms with Crippen molar-refractivity contribution in [2.24, 2.45) is 0 Å². The van der Waals surface area contributed by atoms with E-state index in [2.05, 4.69) is 4.74 Å². The van der Waals surface area contributed by atoms with E-state index < -0.39 is 11.9 Å². The number of benzene rings is 2. The van der Waals surface area contributed by atoms with Gasteiger partial charge in [0.1, 0.15) is 17.9 Å². The van der Waals surface area contributed by atoms with Crippen LogP contribution in [0.5, 0.6) is 5.75 Å². The van der Waals surface area contributed by atoms with Crippen LogP contribution in [0.15, 0.2) is 53.1 Å². The SMILES string of the molecule is COC(=O)c1cccc(COC(=O)Cc2coc3cc(O)ccc23)c1. The fourth-order valence-electron chi connectivity index (χ4n) is 2.49. The van der Waals surface area contributed by atoms with Crippen molar-refractivity contribution in [3.63, 3.8) is 0 Å². The van der Waals surface area contributed by atoms with Crippen molar-refractivity contribution in [3.05, 3.63) is 65.4 Å². The molecule has 0 unspecified atom stereocenters. The molecule has 0 aliphatic rings. The summed E-state index contributed by atoms with van der Waals surface area (Å²) in [6.45, 7) is 0.0558. The van der Waals surface area contributed by atoms with Gasteiger partial charge < -0.3 is 19.0 Å². The van der Waals surface area contributed by atoms with Crippen molar-refractivity contribution in [3.8, 4) is 5.75 Å². The van der Waals surface area contributed by atoms with Gasteiger partial charge in [-0.25, -0.2) is 4.79 Å². The first-order valence-corrected chi connectivity index (χ1v) is 7.59. The van der Waals surface area contributed by atoms with Gasteiger partial charge in [-0.1, -0.05) is 12.1 Å². The summed E-state index contributed by atoms with van der Waals surface area (Å²) >= 11 is 0. The van der Waals surface area contributed by atoms with Gasteiger partial charge in [-0.3, -0.25) is 4.79 Å². The van der Waals surface area contributed by atoms with Crippen LogP contribution in [0, 0.1) is 0 Å². The van der Waals surface area contributed by atoms with Crippen LogP contribution in [-0.2, 0) is 27.3 Å². The monoisotopic (exact) mass is 340 g/mol. The van der Waals surface area contributed by atoms with Gasteiger partial charge in [0.05, 0.1) is 25.4 Å². The standard InChI is InChI=1S/C19H16O6/c1-23-19(22)13-4-2-3-12(7-13)10-25-18(21)8-14-11-24-17-9-15(20)5-6-16(14)17/h2-7,9,11,20H,8,10H2,1H3. The lowest BCUT2D eigenvalue weighted by Crippen LogP contribution is -2.08. The van der Waals surface area contributed by atoms with Crippen LogP contribution in [0.2, 0.25) is 0 Å². The lowest BCUT2D eigenvalue weighted by molar-refractivity contribution is -0.144. The second-order valence-electron chi connectivity index (χ2n) is 5.47. The molecular weight excluding hydrogens is 324 g/mol. The number of hydrogen-bond donors (Lipinski definition) is 1. The summed E-state index contributed by atoms with van der Waals surface area (Å²) in [6, 6.07) is 11.4. The number of phenols is 1. The third-order valence-corrected chi connectivity index (χ3v) is 3.72. The highest BCUT2D eigenvalue weighted by Crippen LogP contribution is 2.25. The van der Waals surface area contributed by atoms with Crippen LogP contribution >= 0.6 is 0 Å². The molecule has 1 aromatic heterocycles. The van der Waals surface area contributed by atoms with Crippen LogP contribution in [0.25, 0.3) is 11.0 Å². The van der Waals surface area contributed by atoms with E-state index >= 15 is 0 Å². The zero-order valence-corrected chi connectivity index (χ0v) is 13.5. The number of carbonyl (C=O) groups excluding carboxylic acids is 2. The molecule has 0 saturated heterocycles. The highest BCUT2D eigenvalue weighted by molar-refractivity contribution is 5.89. The molecule has 0 atom stereocenters. The largest absolute Gasteiger partial charge is 0.508 e.